The lowest BCUT2D eigenvalue weighted by molar-refractivity contribution is -0.137. The molecule has 2 aromatic heterocycles. The molecule has 3 aromatic rings. The van der Waals surface area contributed by atoms with E-state index in [9.17, 15) is 13.2 Å². The Balaban J connectivity index is 1.73. The standard InChI is InChI=1S/C19H20F3N7/c1-24-13-4-6-29(10-13)17-16-15(3-2-5-25-16)27-18(28-17)26-14-8-11(19(20,21)22)7-12(23)9-14/h2-3,5,7-9,13,24H,4,6,10,23H2,1H3,(H,26,27,28)/t13-/m0/s1. The first-order valence-corrected chi connectivity index (χ1v) is 9.13. The van der Waals surface area contributed by atoms with E-state index in [1.807, 2.05) is 7.05 Å². The van der Waals surface area contributed by atoms with Crippen LogP contribution in [0.25, 0.3) is 11.0 Å². The molecule has 0 radical (unpaired) electrons. The molecule has 1 aliphatic rings. The first kappa shape index (κ1) is 19.2. The van der Waals surface area contributed by atoms with Crippen LogP contribution in [0.1, 0.15) is 12.0 Å². The first-order valence-electron chi connectivity index (χ1n) is 9.13. The molecule has 0 spiro atoms. The summed E-state index contributed by atoms with van der Waals surface area (Å²) in [6, 6.07) is 7.18. The molecule has 1 atom stereocenters. The van der Waals surface area contributed by atoms with E-state index in [2.05, 4.69) is 30.5 Å². The van der Waals surface area contributed by atoms with Crippen LogP contribution in [-0.2, 0) is 6.18 Å². The van der Waals surface area contributed by atoms with Crippen molar-refractivity contribution in [2.24, 2.45) is 0 Å². The summed E-state index contributed by atoms with van der Waals surface area (Å²) in [5.41, 5.74) is 6.24. The summed E-state index contributed by atoms with van der Waals surface area (Å²) in [5.74, 6) is 0.836. The zero-order chi connectivity index (χ0) is 20.6. The number of alkyl halides is 3. The van der Waals surface area contributed by atoms with Gasteiger partial charge in [0, 0.05) is 36.7 Å². The summed E-state index contributed by atoms with van der Waals surface area (Å²) in [4.78, 5) is 15.5. The minimum atomic E-state index is -4.50. The molecule has 29 heavy (non-hydrogen) atoms. The lowest BCUT2D eigenvalue weighted by Crippen LogP contribution is -2.30. The Hall–Kier alpha value is -3.14. The van der Waals surface area contributed by atoms with E-state index in [1.165, 1.54) is 6.07 Å². The minimum absolute atomic E-state index is 0.00130. The van der Waals surface area contributed by atoms with Crippen molar-refractivity contribution < 1.29 is 13.2 Å². The van der Waals surface area contributed by atoms with Crippen LogP contribution in [0.5, 0.6) is 0 Å². The van der Waals surface area contributed by atoms with Crippen molar-refractivity contribution in [3.8, 4) is 0 Å². The number of aromatic nitrogens is 3. The van der Waals surface area contributed by atoms with Crippen molar-refractivity contribution in [1.82, 2.24) is 20.3 Å². The number of hydrogen-bond acceptors (Lipinski definition) is 7. The summed E-state index contributed by atoms with van der Waals surface area (Å²) in [5, 5.41) is 6.12. The van der Waals surface area contributed by atoms with Crippen LogP contribution in [0.2, 0.25) is 0 Å². The van der Waals surface area contributed by atoms with Gasteiger partial charge >= 0.3 is 6.18 Å². The van der Waals surface area contributed by atoms with Crippen LogP contribution in [-0.4, -0.2) is 41.1 Å². The SMILES string of the molecule is CN[C@H]1CCN(c2nc(Nc3cc(N)cc(C(F)(F)F)c3)nc3cccnc23)C1. The number of nitrogen functional groups attached to an aromatic ring is 1. The fourth-order valence-corrected chi connectivity index (χ4v) is 3.43. The fourth-order valence-electron chi connectivity index (χ4n) is 3.43. The average molecular weight is 403 g/mol. The maximum absolute atomic E-state index is 13.1. The van der Waals surface area contributed by atoms with Gasteiger partial charge in [0.05, 0.1) is 11.1 Å². The largest absolute Gasteiger partial charge is 0.416 e. The molecule has 10 heteroatoms. The third-order valence-corrected chi connectivity index (χ3v) is 4.87. The summed E-state index contributed by atoms with van der Waals surface area (Å²) in [6.45, 7) is 1.55. The zero-order valence-electron chi connectivity index (χ0n) is 15.7. The monoisotopic (exact) mass is 403 g/mol. The molecule has 1 saturated heterocycles. The molecule has 3 heterocycles. The number of nitrogens with two attached hydrogens (primary N) is 1. The number of halogens is 3. The van der Waals surface area contributed by atoms with E-state index in [0.717, 1.165) is 31.6 Å². The number of likely N-dealkylation sites (N-methyl/N-ethyl adjacent to an activating group) is 1. The number of benzene rings is 1. The van der Waals surface area contributed by atoms with E-state index in [1.54, 1.807) is 18.3 Å². The number of anilines is 4. The van der Waals surface area contributed by atoms with Gasteiger partial charge in [-0.05, 0) is 43.8 Å². The Morgan fingerprint density at radius 3 is 2.76 bits per heavy atom. The Kier molecular flexibility index (Phi) is 4.87. The zero-order valence-corrected chi connectivity index (χ0v) is 15.7. The molecule has 0 aliphatic carbocycles. The molecule has 4 rings (SSSR count). The summed E-state index contributed by atoms with van der Waals surface area (Å²) in [7, 11) is 1.91. The van der Waals surface area contributed by atoms with Gasteiger partial charge < -0.3 is 21.3 Å². The van der Waals surface area contributed by atoms with Crippen molar-refractivity contribution in [2.75, 3.05) is 36.1 Å². The molecule has 0 unspecified atom stereocenters. The molecule has 0 saturated carbocycles. The highest BCUT2D eigenvalue weighted by atomic mass is 19.4. The van der Waals surface area contributed by atoms with Crippen LogP contribution >= 0.6 is 0 Å². The lowest BCUT2D eigenvalue weighted by atomic mass is 10.1. The van der Waals surface area contributed by atoms with Gasteiger partial charge in [-0.1, -0.05) is 0 Å². The number of hydrogen-bond donors (Lipinski definition) is 3. The third-order valence-electron chi connectivity index (χ3n) is 4.87. The molecule has 7 nitrogen and oxygen atoms in total. The van der Waals surface area contributed by atoms with Crippen LogP contribution in [0, 0.1) is 0 Å². The maximum Gasteiger partial charge on any atom is 0.416 e. The van der Waals surface area contributed by atoms with E-state index >= 15 is 0 Å². The lowest BCUT2D eigenvalue weighted by Gasteiger charge is -2.20. The van der Waals surface area contributed by atoms with E-state index in [-0.39, 0.29) is 17.3 Å². The number of nitrogens with one attached hydrogen (secondary N) is 2. The molecule has 4 N–H and O–H groups in total. The van der Waals surface area contributed by atoms with Crippen molar-refractivity contribution in [3.63, 3.8) is 0 Å². The van der Waals surface area contributed by atoms with Gasteiger partial charge in [-0.15, -0.1) is 0 Å². The quantitative estimate of drug-likeness (QED) is 0.576. The van der Waals surface area contributed by atoms with Crippen LogP contribution in [0.4, 0.5) is 36.3 Å². The number of rotatable bonds is 4. The summed E-state index contributed by atoms with van der Waals surface area (Å²) in [6.07, 6.45) is -1.87. The number of pyridine rings is 1. The van der Waals surface area contributed by atoms with Crippen LogP contribution < -0.4 is 21.3 Å². The van der Waals surface area contributed by atoms with Gasteiger partial charge in [0.25, 0.3) is 0 Å². The van der Waals surface area contributed by atoms with E-state index in [0.29, 0.717) is 22.9 Å². The van der Waals surface area contributed by atoms with Gasteiger partial charge in [-0.3, -0.25) is 4.98 Å². The third kappa shape index (κ3) is 4.02. The Morgan fingerprint density at radius 1 is 1.21 bits per heavy atom. The van der Waals surface area contributed by atoms with Gasteiger partial charge in [0.2, 0.25) is 5.95 Å². The average Bonchev–Trinajstić information content (AvgIpc) is 3.15. The number of nitrogens with zero attached hydrogens (tertiary/aromatic N) is 4. The smallest absolute Gasteiger partial charge is 0.399 e. The van der Waals surface area contributed by atoms with Crippen molar-refractivity contribution in [1.29, 1.82) is 0 Å². The molecular formula is C19H20F3N7. The molecule has 152 valence electrons. The first-order chi connectivity index (χ1) is 13.8. The molecule has 1 fully saturated rings. The van der Waals surface area contributed by atoms with Crippen molar-refractivity contribution >= 4 is 34.2 Å². The fraction of sp³-hybridized carbons (Fsp3) is 0.316. The molecular weight excluding hydrogens is 383 g/mol. The normalized spacial score (nSPS) is 17.1. The Bertz CT molecular complexity index is 1040. The van der Waals surface area contributed by atoms with Gasteiger partial charge in [-0.25, -0.2) is 4.98 Å². The van der Waals surface area contributed by atoms with Gasteiger partial charge in [0.15, 0.2) is 5.82 Å². The molecule has 1 aliphatic heterocycles. The van der Waals surface area contributed by atoms with E-state index in [4.69, 9.17) is 5.73 Å². The topological polar surface area (TPSA) is 92.0 Å². The highest BCUT2D eigenvalue weighted by Gasteiger charge is 2.31. The highest BCUT2D eigenvalue weighted by molar-refractivity contribution is 5.87. The second-order valence-electron chi connectivity index (χ2n) is 6.93. The second-order valence-corrected chi connectivity index (χ2v) is 6.93. The Morgan fingerprint density at radius 2 is 2.03 bits per heavy atom. The maximum atomic E-state index is 13.1. The Labute approximate surface area is 165 Å². The van der Waals surface area contributed by atoms with Gasteiger partial charge in [-0.2, -0.15) is 18.2 Å². The molecule has 0 bridgehead atoms. The summed E-state index contributed by atoms with van der Waals surface area (Å²) >= 11 is 0. The van der Waals surface area contributed by atoms with Crippen LogP contribution in [0.15, 0.2) is 36.5 Å². The number of fused-ring (bicyclic) bond motifs is 1. The van der Waals surface area contributed by atoms with Gasteiger partial charge in [0.1, 0.15) is 5.52 Å². The predicted molar refractivity (Wildman–Crippen MR) is 106 cm³/mol. The highest BCUT2D eigenvalue weighted by Crippen LogP contribution is 2.34. The summed E-state index contributed by atoms with van der Waals surface area (Å²) < 4.78 is 39.3. The van der Waals surface area contributed by atoms with E-state index < -0.39 is 11.7 Å². The van der Waals surface area contributed by atoms with Crippen molar-refractivity contribution in [3.05, 3.63) is 42.1 Å². The van der Waals surface area contributed by atoms with Crippen LogP contribution in [0.3, 0.4) is 0 Å². The predicted octanol–water partition coefficient (Wildman–Crippen LogP) is 3.17. The molecule has 0 amide bonds. The molecule has 1 aromatic carbocycles. The van der Waals surface area contributed by atoms with Crippen molar-refractivity contribution in [2.45, 2.75) is 18.6 Å². The minimum Gasteiger partial charge on any atom is -0.399 e. The second kappa shape index (κ2) is 7.36.